The second-order valence-electron chi connectivity index (χ2n) is 5.79. The van der Waals surface area contributed by atoms with Crippen LogP contribution in [0.2, 0.25) is 0 Å². The van der Waals surface area contributed by atoms with E-state index in [0.29, 0.717) is 13.0 Å². The highest BCUT2D eigenvalue weighted by Crippen LogP contribution is 2.28. The standard InChI is InChI=1S/C16H23N3O2S/c1-12-6-7-16(22-12)19-10-8-13(11-15(19)21)17-14(20)5-4-9-18(2)3/h4-7,13H,8-11H2,1-3H3,(H,17,20)/b5-4+. The van der Waals surface area contributed by atoms with Crippen molar-refractivity contribution in [2.24, 2.45) is 0 Å². The molecule has 1 N–H and O–H groups in total. The van der Waals surface area contributed by atoms with Crippen LogP contribution in [0.4, 0.5) is 5.00 Å². The summed E-state index contributed by atoms with van der Waals surface area (Å²) >= 11 is 1.63. The van der Waals surface area contributed by atoms with Crippen LogP contribution in [-0.4, -0.2) is 49.9 Å². The van der Waals surface area contributed by atoms with Crippen LogP contribution in [-0.2, 0) is 9.59 Å². The molecular weight excluding hydrogens is 298 g/mol. The molecule has 0 aliphatic carbocycles. The molecule has 1 aromatic heterocycles. The van der Waals surface area contributed by atoms with Gasteiger partial charge in [-0.25, -0.2) is 0 Å². The number of carbonyl (C=O) groups excluding carboxylic acids is 2. The molecule has 1 aromatic rings. The zero-order chi connectivity index (χ0) is 16.1. The average molecular weight is 321 g/mol. The molecule has 1 aliphatic heterocycles. The van der Waals surface area contributed by atoms with Crippen LogP contribution in [0, 0.1) is 6.92 Å². The fourth-order valence-corrected chi connectivity index (χ4v) is 3.28. The van der Waals surface area contributed by atoms with Crippen molar-refractivity contribution in [1.29, 1.82) is 0 Å². The Morgan fingerprint density at radius 1 is 1.50 bits per heavy atom. The number of amides is 2. The topological polar surface area (TPSA) is 52.7 Å². The quantitative estimate of drug-likeness (QED) is 0.841. The van der Waals surface area contributed by atoms with Gasteiger partial charge in [0.2, 0.25) is 11.8 Å². The first kappa shape index (κ1) is 16.7. The summed E-state index contributed by atoms with van der Waals surface area (Å²) in [5.74, 6) is -0.0456. The summed E-state index contributed by atoms with van der Waals surface area (Å²) in [5, 5.41) is 3.91. The third-order valence-electron chi connectivity index (χ3n) is 3.50. The van der Waals surface area contributed by atoms with Crippen LogP contribution < -0.4 is 10.2 Å². The minimum absolute atomic E-state index is 0.0682. The molecule has 6 heteroatoms. The van der Waals surface area contributed by atoms with E-state index in [0.717, 1.165) is 18.0 Å². The normalized spacial score (nSPS) is 19.2. The fraction of sp³-hybridized carbons (Fsp3) is 0.500. The highest BCUT2D eigenvalue weighted by atomic mass is 32.1. The molecule has 120 valence electrons. The van der Waals surface area contributed by atoms with E-state index in [1.807, 2.05) is 49.0 Å². The maximum Gasteiger partial charge on any atom is 0.243 e. The van der Waals surface area contributed by atoms with Gasteiger partial charge in [-0.2, -0.15) is 0 Å². The van der Waals surface area contributed by atoms with E-state index in [1.54, 1.807) is 17.4 Å². The van der Waals surface area contributed by atoms with Crippen molar-refractivity contribution in [3.05, 3.63) is 29.2 Å². The summed E-state index contributed by atoms with van der Waals surface area (Å²) in [5.41, 5.74) is 0. The van der Waals surface area contributed by atoms with Gasteiger partial charge in [0.05, 0.1) is 5.00 Å². The molecule has 1 saturated heterocycles. The van der Waals surface area contributed by atoms with Crippen LogP contribution in [0.25, 0.3) is 0 Å². The Morgan fingerprint density at radius 3 is 2.86 bits per heavy atom. The number of anilines is 1. The minimum Gasteiger partial charge on any atom is -0.349 e. The van der Waals surface area contributed by atoms with E-state index in [1.165, 1.54) is 4.88 Å². The number of likely N-dealkylation sites (N-methyl/N-ethyl adjacent to an activating group) is 1. The second-order valence-corrected chi connectivity index (χ2v) is 7.06. The maximum absolute atomic E-state index is 12.3. The number of nitrogens with zero attached hydrogens (tertiary/aromatic N) is 2. The van der Waals surface area contributed by atoms with E-state index in [4.69, 9.17) is 0 Å². The number of aryl methyl sites for hydroxylation is 1. The monoisotopic (exact) mass is 321 g/mol. The lowest BCUT2D eigenvalue weighted by atomic mass is 10.0. The van der Waals surface area contributed by atoms with E-state index in [9.17, 15) is 9.59 Å². The highest BCUT2D eigenvalue weighted by Gasteiger charge is 2.28. The first-order chi connectivity index (χ1) is 10.5. The molecule has 0 bridgehead atoms. The third-order valence-corrected chi connectivity index (χ3v) is 4.53. The number of hydrogen-bond donors (Lipinski definition) is 1. The lowest BCUT2D eigenvalue weighted by molar-refractivity contribution is -0.121. The average Bonchev–Trinajstić information content (AvgIpc) is 2.84. The molecule has 2 amide bonds. The zero-order valence-corrected chi connectivity index (χ0v) is 14.2. The number of thiophene rings is 1. The van der Waals surface area contributed by atoms with Gasteiger partial charge in [0.15, 0.2) is 0 Å². The number of nitrogens with one attached hydrogen (secondary N) is 1. The Labute approximate surface area is 135 Å². The molecule has 2 heterocycles. The van der Waals surface area contributed by atoms with Gasteiger partial charge in [0, 0.05) is 36.5 Å². The highest BCUT2D eigenvalue weighted by molar-refractivity contribution is 7.16. The fourth-order valence-electron chi connectivity index (χ4n) is 2.38. The van der Waals surface area contributed by atoms with Gasteiger partial charge in [0.1, 0.15) is 0 Å². The van der Waals surface area contributed by atoms with Crippen molar-refractivity contribution in [3.63, 3.8) is 0 Å². The first-order valence-electron chi connectivity index (χ1n) is 7.44. The van der Waals surface area contributed by atoms with E-state index in [-0.39, 0.29) is 17.9 Å². The molecule has 22 heavy (non-hydrogen) atoms. The van der Waals surface area contributed by atoms with Crippen molar-refractivity contribution in [2.75, 3.05) is 32.1 Å². The molecule has 1 fully saturated rings. The van der Waals surface area contributed by atoms with Gasteiger partial charge in [-0.05, 0) is 39.6 Å². The predicted octanol–water partition coefficient (Wildman–Crippen LogP) is 1.79. The van der Waals surface area contributed by atoms with Gasteiger partial charge in [-0.3, -0.25) is 9.59 Å². The second kappa shape index (κ2) is 7.56. The largest absolute Gasteiger partial charge is 0.349 e. The van der Waals surface area contributed by atoms with Crippen molar-refractivity contribution in [1.82, 2.24) is 10.2 Å². The van der Waals surface area contributed by atoms with E-state index >= 15 is 0 Å². The number of carbonyl (C=O) groups is 2. The van der Waals surface area contributed by atoms with Gasteiger partial charge in [-0.15, -0.1) is 11.3 Å². The molecule has 1 unspecified atom stereocenters. The van der Waals surface area contributed by atoms with Crippen molar-refractivity contribution >= 4 is 28.2 Å². The molecule has 0 spiro atoms. The third kappa shape index (κ3) is 4.68. The molecule has 2 rings (SSSR count). The van der Waals surface area contributed by atoms with Crippen molar-refractivity contribution in [2.45, 2.75) is 25.8 Å². The van der Waals surface area contributed by atoms with Crippen LogP contribution in [0.5, 0.6) is 0 Å². The zero-order valence-electron chi connectivity index (χ0n) is 13.3. The summed E-state index contributed by atoms with van der Waals surface area (Å²) in [6.45, 7) is 3.42. The first-order valence-corrected chi connectivity index (χ1v) is 8.26. The maximum atomic E-state index is 12.3. The molecule has 5 nitrogen and oxygen atoms in total. The summed E-state index contributed by atoms with van der Waals surface area (Å²) in [6.07, 6.45) is 4.51. The summed E-state index contributed by atoms with van der Waals surface area (Å²) in [7, 11) is 3.89. The van der Waals surface area contributed by atoms with Crippen LogP contribution >= 0.6 is 11.3 Å². The molecule has 0 saturated carbocycles. The van der Waals surface area contributed by atoms with E-state index in [2.05, 4.69) is 5.32 Å². The predicted molar refractivity (Wildman–Crippen MR) is 90.3 cm³/mol. The Morgan fingerprint density at radius 2 is 2.27 bits per heavy atom. The van der Waals surface area contributed by atoms with Crippen LogP contribution in [0.15, 0.2) is 24.3 Å². The van der Waals surface area contributed by atoms with Crippen molar-refractivity contribution < 1.29 is 9.59 Å². The summed E-state index contributed by atoms with van der Waals surface area (Å²) in [4.78, 5) is 29.1. The Hall–Kier alpha value is -1.66. The Balaban J connectivity index is 1.84. The van der Waals surface area contributed by atoms with Crippen molar-refractivity contribution in [3.8, 4) is 0 Å². The molecule has 0 radical (unpaired) electrons. The molecular formula is C16H23N3O2S. The SMILES string of the molecule is Cc1ccc(N2CCC(NC(=O)/C=C/CN(C)C)CC2=O)s1. The lowest BCUT2D eigenvalue weighted by Crippen LogP contribution is -2.47. The molecule has 0 aromatic carbocycles. The number of rotatable bonds is 5. The molecule has 1 aliphatic rings. The van der Waals surface area contributed by atoms with Gasteiger partial charge >= 0.3 is 0 Å². The van der Waals surface area contributed by atoms with Gasteiger partial charge < -0.3 is 15.1 Å². The Bertz CT molecular complexity index is 565. The van der Waals surface area contributed by atoms with Crippen LogP contribution in [0.1, 0.15) is 17.7 Å². The number of hydrogen-bond acceptors (Lipinski definition) is 4. The molecule has 1 atom stereocenters. The summed E-state index contributed by atoms with van der Waals surface area (Å²) < 4.78 is 0. The van der Waals surface area contributed by atoms with E-state index < -0.39 is 0 Å². The van der Waals surface area contributed by atoms with Crippen LogP contribution in [0.3, 0.4) is 0 Å². The minimum atomic E-state index is -0.125. The smallest absolute Gasteiger partial charge is 0.243 e. The van der Waals surface area contributed by atoms with Gasteiger partial charge in [0.25, 0.3) is 0 Å². The number of piperidine rings is 1. The lowest BCUT2D eigenvalue weighted by Gasteiger charge is -2.31. The Kier molecular flexibility index (Phi) is 5.74. The van der Waals surface area contributed by atoms with Gasteiger partial charge in [-0.1, -0.05) is 6.08 Å². The summed E-state index contributed by atoms with van der Waals surface area (Å²) in [6, 6.07) is 3.94.